The van der Waals surface area contributed by atoms with Gasteiger partial charge >= 0.3 is 0 Å². The summed E-state index contributed by atoms with van der Waals surface area (Å²) < 4.78 is 5.48. The molecule has 21 heavy (non-hydrogen) atoms. The number of pyridine rings is 1. The summed E-state index contributed by atoms with van der Waals surface area (Å²) in [5, 5.41) is 7.49. The van der Waals surface area contributed by atoms with Gasteiger partial charge in [0.25, 0.3) is 5.91 Å². The molecule has 5 heteroatoms. The molecule has 0 spiro atoms. The van der Waals surface area contributed by atoms with Gasteiger partial charge in [0.1, 0.15) is 11.5 Å². The summed E-state index contributed by atoms with van der Waals surface area (Å²) in [5.74, 6) is 1.47. The second-order valence-corrected chi connectivity index (χ2v) is 6.27. The van der Waals surface area contributed by atoms with Crippen LogP contribution in [0.1, 0.15) is 41.9 Å². The molecule has 3 atom stereocenters. The van der Waals surface area contributed by atoms with Crippen LogP contribution in [0, 0.1) is 12.8 Å². The highest BCUT2D eigenvalue weighted by Gasteiger charge is 2.34. The lowest BCUT2D eigenvalue weighted by atomic mass is 9.98. The molecule has 1 saturated carbocycles. The topological polar surface area (TPSA) is 67.2 Å². The third-order valence-electron chi connectivity index (χ3n) is 4.61. The van der Waals surface area contributed by atoms with Gasteiger partial charge in [-0.2, -0.15) is 0 Å². The summed E-state index contributed by atoms with van der Waals surface area (Å²) >= 11 is 0. The van der Waals surface area contributed by atoms with Crippen molar-refractivity contribution in [3.05, 3.63) is 29.8 Å². The lowest BCUT2D eigenvalue weighted by Gasteiger charge is -2.29. The third kappa shape index (κ3) is 2.42. The Balaban J connectivity index is 1.50. The molecule has 2 fully saturated rings. The molecule has 0 radical (unpaired) electrons. The number of fused-ring (bicyclic) bond motifs is 3. The number of rotatable bonds is 2. The quantitative estimate of drug-likeness (QED) is 0.889. The van der Waals surface area contributed by atoms with Gasteiger partial charge in [-0.15, -0.1) is 0 Å². The fourth-order valence-corrected chi connectivity index (χ4v) is 3.66. The number of carbonyl (C=O) groups is 1. The smallest absolute Gasteiger partial charge is 0.271 e. The lowest BCUT2D eigenvalue weighted by Crippen LogP contribution is -2.51. The molecule has 3 heterocycles. The Labute approximate surface area is 123 Å². The van der Waals surface area contributed by atoms with Crippen molar-refractivity contribution in [1.82, 2.24) is 15.6 Å². The van der Waals surface area contributed by atoms with Gasteiger partial charge in [-0.25, -0.2) is 4.98 Å². The molecular weight excluding hydrogens is 266 g/mol. The zero-order chi connectivity index (χ0) is 14.4. The van der Waals surface area contributed by atoms with E-state index in [1.54, 1.807) is 12.3 Å². The van der Waals surface area contributed by atoms with Crippen LogP contribution in [-0.4, -0.2) is 23.1 Å². The molecule has 2 bridgehead atoms. The Hall–Kier alpha value is -1.88. The summed E-state index contributed by atoms with van der Waals surface area (Å²) in [6.45, 7) is 1.89. The molecule has 110 valence electrons. The number of piperidine rings is 1. The maximum Gasteiger partial charge on any atom is 0.271 e. The van der Waals surface area contributed by atoms with Crippen LogP contribution >= 0.6 is 0 Å². The first-order valence-corrected chi connectivity index (χ1v) is 7.60. The number of amides is 1. The highest BCUT2D eigenvalue weighted by molar-refractivity contribution is 5.95. The summed E-state index contributed by atoms with van der Waals surface area (Å²) in [4.78, 5) is 16.6. The van der Waals surface area contributed by atoms with Crippen molar-refractivity contribution in [2.24, 2.45) is 5.92 Å². The Bertz CT molecular complexity index is 682. The molecule has 1 aliphatic heterocycles. The molecular formula is C16H19N3O2. The number of hydrogen-bond donors (Lipinski definition) is 2. The van der Waals surface area contributed by atoms with E-state index in [0.29, 0.717) is 11.7 Å². The zero-order valence-corrected chi connectivity index (χ0v) is 12.1. The summed E-state index contributed by atoms with van der Waals surface area (Å²) in [5.41, 5.74) is 1.17. The first-order chi connectivity index (χ1) is 10.2. The summed E-state index contributed by atoms with van der Waals surface area (Å²) in [6.07, 6.45) is 6.49. The average Bonchev–Trinajstić information content (AvgIpc) is 2.99. The van der Waals surface area contributed by atoms with E-state index in [2.05, 4.69) is 15.6 Å². The van der Waals surface area contributed by atoms with Crippen molar-refractivity contribution in [3.63, 3.8) is 0 Å². The SMILES string of the molecule is Cc1cc2cc(C(=O)N[C@@H]3C[C@@H]4CCC(C4)N3)ncc2o1. The number of nitrogens with zero attached hydrogens (tertiary/aromatic N) is 1. The minimum atomic E-state index is -0.116. The highest BCUT2D eigenvalue weighted by Crippen LogP contribution is 2.33. The average molecular weight is 285 g/mol. The number of carbonyl (C=O) groups excluding carboxylic acids is 1. The van der Waals surface area contributed by atoms with Crippen LogP contribution in [0.5, 0.6) is 0 Å². The maximum atomic E-state index is 12.4. The van der Waals surface area contributed by atoms with E-state index in [-0.39, 0.29) is 12.1 Å². The van der Waals surface area contributed by atoms with Gasteiger partial charge in [-0.3, -0.25) is 10.1 Å². The summed E-state index contributed by atoms with van der Waals surface area (Å²) in [7, 11) is 0. The molecule has 4 rings (SSSR count). The molecule has 0 aromatic carbocycles. The van der Waals surface area contributed by atoms with Crippen molar-refractivity contribution < 1.29 is 9.21 Å². The normalized spacial score (nSPS) is 28.0. The molecule has 2 aromatic heterocycles. The zero-order valence-electron chi connectivity index (χ0n) is 12.1. The Morgan fingerprint density at radius 1 is 1.38 bits per heavy atom. The van der Waals surface area contributed by atoms with Gasteiger partial charge in [0.2, 0.25) is 0 Å². The van der Waals surface area contributed by atoms with Crippen LogP contribution in [0.2, 0.25) is 0 Å². The second kappa shape index (κ2) is 4.84. The predicted octanol–water partition coefficient (Wildman–Crippen LogP) is 2.35. The van der Waals surface area contributed by atoms with Gasteiger partial charge < -0.3 is 9.73 Å². The fourth-order valence-electron chi connectivity index (χ4n) is 3.66. The molecule has 1 saturated heterocycles. The van der Waals surface area contributed by atoms with Crippen LogP contribution in [-0.2, 0) is 0 Å². The maximum absolute atomic E-state index is 12.4. The highest BCUT2D eigenvalue weighted by atomic mass is 16.3. The fraction of sp³-hybridized carbons (Fsp3) is 0.500. The molecule has 2 N–H and O–H groups in total. The number of aromatic nitrogens is 1. The van der Waals surface area contributed by atoms with E-state index >= 15 is 0 Å². The molecule has 5 nitrogen and oxygen atoms in total. The third-order valence-corrected chi connectivity index (χ3v) is 4.61. The Morgan fingerprint density at radius 3 is 3.14 bits per heavy atom. The van der Waals surface area contributed by atoms with Crippen LogP contribution in [0.3, 0.4) is 0 Å². The van der Waals surface area contributed by atoms with E-state index < -0.39 is 0 Å². The van der Waals surface area contributed by atoms with Crippen molar-refractivity contribution in [3.8, 4) is 0 Å². The van der Waals surface area contributed by atoms with Crippen molar-refractivity contribution in [1.29, 1.82) is 0 Å². The van der Waals surface area contributed by atoms with E-state index in [4.69, 9.17) is 4.42 Å². The van der Waals surface area contributed by atoms with Crippen molar-refractivity contribution in [2.45, 2.75) is 44.8 Å². The molecule has 1 amide bonds. The summed E-state index contributed by atoms with van der Waals surface area (Å²) in [6, 6.07) is 4.28. The first kappa shape index (κ1) is 12.8. The number of furan rings is 1. The lowest BCUT2D eigenvalue weighted by molar-refractivity contribution is 0.0906. The van der Waals surface area contributed by atoms with Gasteiger partial charge in [0.05, 0.1) is 12.4 Å². The Kier molecular flexibility index (Phi) is 2.96. The standard InChI is InChI=1S/C16H19N3O2/c1-9-4-11-7-13(17-8-14(11)21-9)16(20)19-15-6-10-2-3-12(5-10)18-15/h4,7-8,10,12,15,18H,2-3,5-6H2,1H3,(H,19,20)/t10-,12?,15-/m1/s1. The number of hydrogen-bond acceptors (Lipinski definition) is 4. The Morgan fingerprint density at radius 2 is 2.29 bits per heavy atom. The van der Waals surface area contributed by atoms with Gasteiger partial charge in [0, 0.05) is 11.4 Å². The largest absolute Gasteiger partial charge is 0.460 e. The number of nitrogens with one attached hydrogen (secondary N) is 2. The van der Waals surface area contributed by atoms with E-state index in [9.17, 15) is 4.79 Å². The van der Waals surface area contributed by atoms with Crippen LogP contribution in [0.25, 0.3) is 11.0 Å². The monoisotopic (exact) mass is 285 g/mol. The molecule has 1 aliphatic carbocycles. The minimum Gasteiger partial charge on any atom is -0.460 e. The predicted molar refractivity (Wildman–Crippen MR) is 78.9 cm³/mol. The van der Waals surface area contributed by atoms with Gasteiger partial charge in [-0.1, -0.05) is 0 Å². The van der Waals surface area contributed by atoms with Gasteiger partial charge in [0.15, 0.2) is 5.58 Å². The molecule has 1 unspecified atom stereocenters. The van der Waals surface area contributed by atoms with Gasteiger partial charge in [-0.05, 0) is 50.7 Å². The molecule has 2 aliphatic rings. The van der Waals surface area contributed by atoms with Crippen LogP contribution < -0.4 is 10.6 Å². The van der Waals surface area contributed by atoms with Crippen molar-refractivity contribution in [2.75, 3.05) is 0 Å². The van der Waals surface area contributed by atoms with Crippen LogP contribution in [0.4, 0.5) is 0 Å². The minimum absolute atomic E-state index is 0.0762. The second-order valence-electron chi connectivity index (χ2n) is 6.27. The van der Waals surface area contributed by atoms with Crippen LogP contribution in [0.15, 0.2) is 22.7 Å². The van der Waals surface area contributed by atoms with E-state index in [0.717, 1.165) is 29.1 Å². The molecule has 2 aromatic rings. The van der Waals surface area contributed by atoms with Crippen molar-refractivity contribution >= 4 is 16.9 Å². The van der Waals surface area contributed by atoms with E-state index in [1.807, 2.05) is 13.0 Å². The number of aryl methyl sites for hydroxylation is 1. The first-order valence-electron chi connectivity index (χ1n) is 7.60. The van der Waals surface area contributed by atoms with E-state index in [1.165, 1.54) is 19.3 Å².